The quantitative estimate of drug-likeness (QED) is 0.881. The molecule has 1 atom stereocenters. The maximum atomic E-state index is 5.56. The van der Waals surface area contributed by atoms with E-state index in [9.17, 15) is 0 Å². The Balaban J connectivity index is 2.25. The first-order chi connectivity index (χ1) is 7.77. The highest BCUT2D eigenvalue weighted by molar-refractivity contribution is 7.09. The Kier molecular flexibility index (Phi) is 3.95. The van der Waals surface area contributed by atoms with Crippen molar-refractivity contribution in [2.75, 3.05) is 19.8 Å². The zero-order chi connectivity index (χ0) is 11.4. The van der Waals surface area contributed by atoms with Crippen molar-refractivity contribution in [3.05, 3.63) is 16.1 Å². The third-order valence-corrected chi connectivity index (χ3v) is 4.27. The van der Waals surface area contributed by atoms with Crippen LogP contribution in [0.25, 0.3) is 0 Å². The Morgan fingerprint density at radius 1 is 1.50 bits per heavy atom. The maximum absolute atomic E-state index is 5.56. The molecule has 90 valence electrons. The minimum Gasteiger partial charge on any atom is -0.381 e. The predicted octanol–water partition coefficient (Wildman–Crippen LogP) is 2.46. The third-order valence-electron chi connectivity index (χ3n) is 3.11. The highest BCUT2D eigenvalue weighted by Gasteiger charge is 2.34. The number of hydrogen-bond donors (Lipinski definition) is 1. The van der Waals surface area contributed by atoms with E-state index in [4.69, 9.17) is 4.74 Å². The molecule has 16 heavy (non-hydrogen) atoms. The number of nitrogens with one attached hydrogen (secondary N) is 1. The van der Waals surface area contributed by atoms with E-state index in [1.54, 1.807) is 11.3 Å². The lowest BCUT2D eigenvalue weighted by Gasteiger charge is -2.31. The van der Waals surface area contributed by atoms with Gasteiger partial charge in [-0.05, 0) is 32.7 Å². The van der Waals surface area contributed by atoms with Gasteiger partial charge in [-0.1, -0.05) is 6.92 Å². The van der Waals surface area contributed by atoms with E-state index in [1.807, 2.05) is 0 Å². The second-order valence-corrected chi connectivity index (χ2v) is 5.23. The van der Waals surface area contributed by atoms with Gasteiger partial charge in [0.25, 0.3) is 0 Å². The van der Waals surface area contributed by atoms with Crippen LogP contribution < -0.4 is 5.32 Å². The van der Waals surface area contributed by atoms with Crippen LogP contribution in [0.5, 0.6) is 0 Å². The van der Waals surface area contributed by atoms with Crippen LogP contribution >= 0.6 is 11.3 Å². The lowest BCUT2D eigenvalue weighted by molar-refractivity contribution is 0.136. The predicted molar refractivity (Wildman–Crippen MR) is 66.9 cm³/mol. The molecule has 0 radical (unpaired) electrons. The molecule has 2 rings (SSSR count). The Morgan fingerprint density at radius 2 is 2.38 bits per heavy atom. The van der Waals surface area contributed by atoms with Crippen molar-refractivity contribution in [3.8, 4) is 0 Å². The molecule has 0 spiro atoms. The van der Waals surface area contributed by atoms with Crippen molar-refractivity contribution in [1.82, 2.24) is 10.3 Å². The normalized spacial score (nSPS) is 26.6. The van der Waals surface area contributed by atoms with Gasteiger partial charge in [0.05, 0.1) is 5.54 Å². The number of aromatic nitrogens is 1. The molecule has 0 bridgehead atoms. The molecule has 1 saturated heterocycles. The number of hydrogen-bond acceptors (Lipinski definition) is 4. The first-order valence-electron chi connectivity index (χ1n) is 6.02. The molecule has 1 N–H and O–H groups in total. The second-order valence-electron chi connectivity index (χ2n) is 4.37. The Labute approximate surface area is 101 Å². The maximum Gasteiger partial charge on any atom is 0.113 e. The Morgan fingerprint density at radius 3 is 3.06 bits per heavy atom. The summed E-state index contributed by atoms with van der Waals surface area (Å²) in [4.78, 5) is 4.67. The van der Waals surface area contributed by atoms with Crippen molar-refractivity contribution in [1.29, 1.82) is 0 Å². The monoisotopic (exact) mass is 240 g/mol. The lowest BCUT2D eigenvalue weighted by Crippen LogP contribution is -2.42. The largest absolute Gasteiger partial charge is 0.381 e. The zero-order valence-corrected chi connectivity index (χ0v) is 10.9. The van der Waals surface area contributed by atoms with Crippen LogP contribution in [0.2, 0.25) is 0 Å². The number of rotatable bonds is 3. The summed E-state index contributed by atoms with van der Waals surface area (Å²) in [5.74, 6) is 0. The van der Waals surface area contributed by atoms with Gasteiger partial charge in [-0.3, -0.25) is 0 Å². The minimum atomic E-state index is 0.0597. The summed E-state index contributed by atoms with van der Waals surface area (Å²) < 4.78 is 5.56. The molecular weight excluding hydrogens is 220 g/mol. The van der Waals surface area contributed by atoms with Crippen LogP contribution in [0.15, 0.2) is 5.38 Å². The van der Waals surface area contributed by atoms with Gasteiger partial charge >= 0.3 is 0 Å². The smallest absolute Gasteiger partial charge is 0.113 e. The Bertz CT molecular complexity index is 330. The molecular formula is C12H20N2OS. The van der Waals surface area contributed by atoms with Crippen LogP contribution in [-0.4, -0.2) is 24.7 Å². The van der Waals surface area contributed by atoms with E-state index in [2.05, 4.69) is 29.5 Å². The molecule has 3 nitrogen and oxygen atoms in total. The molecule has 0 aliphatic carbocycles. The molecule has 0 amide bonds. The van der Waals surface area contributed by atoms with E-state index < -0.39 is 0 Å². The molecule has 4 heteroatoms. The van der Waals surface area contributed by atoms with Crippen molar-refractivity contribution in [2.24, 2.45) is 0 Å². The van der Waals surface area contributed by atoms with Gasteiger partial charge in [0.15, 0.2) is 0 Å². The highest BCUT2D eigenvalue weighted by Crippen LogP contribution is 2.34. The molecule has 1 aliphatic rings. The van der Waals surface area contributed by atoms with Crippen molar-refractivity contribution < 1.29 is 4.74 Å². The van der Waals surface area contributed by atoms with Crippen LogP contribution in [0.1, 0.15) is 36.9 Å². The number of ether oxygens (including phenoxy) is 1. The fourth-order valence-electron chi connectivity index (χ4n) is 2.33. The zero-order valence-electron chi connectivity index (χ0n) is 10.1. The van der Waals surface area contributed by atoms with Gasteiger partial charge in [0.1, 0.15) is 5.01 Å². The minimum absolute atomic E-state index is 0.0597. The van der Waals surface area contributed by atoms with Crippen LogP contribution in [0.3, 0.4) is 0 Å². The molecule has 1 unspecified atom stereocenters. The summed E-state index contributed by atoms with van der Waals surface area (Å²) in [6, 6.07) is 0. The summed E-state index contributed by atoms with van der Waals surface area (Å²) in [5.41, 5.74) is 1.19. The molecule has 2 heterocycles. The molecule has 1 aromatic heterocycles. The van der Waals surface area contributed by atoms with E-state index in [0.717, 1.165) is 44.7 Å². The number of thiazole rings is 1. The van der Waals surface area contributed by atoms with E-state index in [-0.39, 0.29) is 5.54 Å². The van der Waals surface area contributed by atoms with E-state index >= 15 is 0 Å². The van der Waals surface area contributed by atoms with Crippen LogP contribution in [-0.2, 0) is 10.3 Å². The average Bonchev–Trinajstić information content (AvgIpc) is 2.57. The SMILES string of the molecule is CCNC1(c2nc(C)cs2)CCCOCC1. The average molecular weight is 240 g/mol. The molecule has 1 fully saturated rings. The second kappa shape index (κ2) is 5.25. The van der Waals surface area contributed by atoms with Crippen molar-refractivity contribution in [3.63, 3.8) is 0 Å². The summed E-state index contributed by atoms with van der Waals surface area (Å²) in [5, 5.41) is 7.01. The summed E-state index contributed by atoms with van der Waals surface area (Å²) >= 11 is 1.77. The lowest BCUT2D eigenvalue weighted by atomic mass is 9.91. The van der Waals surface area contributed by atoms with Crippen LogP contribution in [0.4, 0.5) is 0 Å². The van der Waals surface area contributed by atoms with Gasteiger partial charge < -0.3 is 10.1 Å². The first-order valence-corrected chi connectivity index (χ1v) is 6.90. The fraction of sp³-hybridized carbons (Fsp3) is 0.750. The summed E-state index contributed by atoms with van der Waals surface area (Å²) in [6.07, 6.45) is 3.28. The molecule has 1 aliphatic heterocycles. The van der Waals surface area contributed by atoms with Crippen molar-refractivity contribution in [2.45, 2.75) is 38.6 Å². The topological polar surface area (TPSA) is 34.2 Å². The number of nitrogens with zero attached hydrogens (tertiary/aromatic N) is 1. The third kappa shape index (κ3) is 2.44. The van der Waals surface area contributed by atoms with Crippen molar-refractivity contribution >= 4 is 11.3 Å². The van der Waals surface area contributed by atoms with Gasteiger partial charge in [-0.15, -0.1) is 11.3 Å². The van der Waals surface area contributed by atoms with Gasteiger partial charge in [0.2, 0.25) is 0 Å². The fourth-order valence-corrected chi connectivity index (χ4v) is 3.36. The Hall–Kier alpha value is -0.450. The van der Waals surface area contributed by atoms with Crippen LogP contribution in [0, 0.1) is 6.92 Å². The van der Waals surface area contributed by atoms with Gasteiger partial charge in [-0.25, -0.2) is 4.98 Å². The molecule has 0 saturated carbocycles. The summed E-state index contributed by atoms with van der Waals surface area (Å²) in [7, 11) is 0. The van der Waals surface area contributed by atoms with Gasteiger partial charge in [-0.2, -0.15) is 0 Å². The highest BCUT2D eigenvalue weighted by atomic mass is 32.1. The standard InChI is InChI=1S/C12H20N2OS/c1-3-13-12(5-4-7-15-8-6-12)11-14-10(2)9-16-11/h9,13H,3-8H2,1-2H3. The first kappa shape index (κ1) is 12.0. The van der Waals surface area contributed by atoms with Gasteiger partial charge in [0, 0.05) is 24.3 Å². The molecule has 1 aromatic rings. The van der Waals surface area contributed by atoms with E-state index in [0.29, 0.717) is 0 Å². The van der Waals surface area contributed by atoms with E-state index in [1.165, 1.54) is 5.01 Å². The number of aryl methyl sites for hydroxylation is 1. The summed E-state index contributed by atoms with van der Waals surface area (Å²) in [6.45, 7) is 6.93. The molecule has 0 aromatic carbocycles.